The minimum atomic E-state index is -0.328. The van der Waals surface area contributed by atoms with Crippen molar-refractivity contribution in [2.75, 3.05) is 0 Å². The Morgan fingerprint density at radius 3 is 2.86 bits per heavy atom. The largest absolute Gasteiger partial charge is 0.468 e. The van der Waals surface area contributed by atoms with E-state index >= 15 is 0 Å². The van der Waals surface area contributed by atoms with Gasteiger partial charge in [-0.1, -0.05) is 6.92 Å². The van der Waals surface area contributed by atoms with Gasteiger partial charge in [0.2, 0.25) is 5.91 Å². The number of carbonyl (C=O) groups excluding carboxylic acids is 1. The van der Waals surface area contributed by atoms with Crippen LogP contribution in [0.4, 0.5) is 0 Å². The molecule has 14 heavy (non-hydrogen) atoms. The Hall–Kier alpha value is -1.29. The molecule has 0 aromatic carbocycles. The predicted octanol–water partition coefficient (Wildman–Crippen LogP) is 1.19. The lowest BCUT2D eigenvalue weighted by molar-refractivity contribution is -0.120. The maximum Gasteiger partial charge on any atom is 0.234 e. The van der Waals surface area contributed by atoms with Crippen LogP contribution in [0.5, 0.6) is 0 Å². The molecule has 1 aromatic heterocycles. The fourth-order valence-electron chi connectivity index (χ4n) is 1.32. The molecule has 0 radical (unpaired) electrons. The van der Waals surface area contributed by atoms with E-state index in [1.807, 2.05) is 26.0 Å². The second-order valence-corrected chi connectivity index (χ2v) is 3.27. The van der Waals surface area contributed by atoms with Gasteiger partial charge in [-0.2, -0.15) is 0 Å². The van der Waals surface area contributed by atoms with E-state index in [4.69, 9.17) is 10.2 Å². The summed E-state index contributed by atoms with van der Waals surface area (Å²) in [5, 5.41) is 3.10. The molecule has 4 nitrogen and oxygen atoms in total. The van der Waals surface area contributed by atoms with Gasteiger partial charge in [0.1, 0.15) is 5.76 Å². The Balaban J connectivity index is 2.55. The van der Waals surface area contributed by atoms with Crippen LogP contribution in [-0.2, 0) is 4.79 Å². The average Bonchev–Trinajstić information content (AvgIpc) is 2.65. The minimum Gasteiger partial charge on any atom is -0.468 e. The third-order valence-corrected chi connectivity index (χ3v) is 2.17. The number of nitrogens with two attached hydrogens (primary N) is 1. The summed E-state index contributed by atoms with van der Waals surface area (Å²) in [6, 6.07) is 3.39. The third-order valence-electron chi connectivity index (χ3n) is 2.17. The van der Waals surface area contributed by atoms with E-state index in [2.05, 4.69) is 5.32 Å². The van der Waals surface area contributed by atoms with Crippen molar-refractivity contribution in [3.63, 3.8) is 0 Å². The fourth-order valence-corrected chi connectivity index (χ4v) is 1.32. The second kappa shape index (κ2) is 4.81. The molecule has 1 rings (SSSR count). The van der Waals surface area contributed by atoms with Crippen molar-refractivity contribution in [2.24, 2.45) is 5.73 Å². The van der Waals surface area contributed by atoms with E-state index in [0.29, 0.717) is 6.42 Å². The average molecular weight is 196 g/mol. The molecule has 0 spiro atoms. The lowest BCUT2D eigenvalue weighted by atomic mass is 10.1. The van der Waals surface area contributed by atoms with Gasteiger partial charge in [-0.15, -0.1) is 0 Å². The van der Waals surface area contributed by atoms with Gasteiger partial charge in [0.25, 0.3) is 0 Å². The number of amides is 1. The van der Waals surface area contributed by atoms with Gasteiger partial charge in [-0.25, -0.2) is 0 Å². The first-order chi connectivity index (χ1) is 6.65. The zero-order valence-electron chi connectivity index (χ0n) is 8.49. The Labute approximate surface area is 83.5 Å². The molecule has 0 bridgehead atoms. The minimum absolute atomic E-state index is 0.00227. The molecular formula is C10H16N2O2. The molecule has 1 aromatic rings. The summed E-state index contributed by atoms with van der Waals surface area (Å²) in [4.78, 5) is 11.0. The summed E-state index contributed by atoms with van der Waals surface area (Å²) in [6.07, 6.45) is 2.29. The highest BCUT2D eigenvalue weighted by Crippen LogP contribution is 2.13. The molecule has 3 N–H and O–H groups in total. The zero-order chi connectivity index (χ0) is 10.6. The van der Waals surface area contributed by atoms with Crippen molar-refractivity contribution < 1.29 is 9.21 Å². The van der Waals surface area contributed by atoms with E-state index in [-0.39, 0.29) is 18.0 Å². The van der Waals surface area contributed by atoms with E-state index in [1.165, 1.54) is 0 Å². The summed E-state index contributed by atoms with van der Waals surface area (Å²) in [7, 11) is 0. The first-order valence-electron chi connectivity index (χ1n) is 4.74. The molecule has 2 unspecified atom stereocenters. The second-order valence-electron chi connectivity index (χ2n) is 3.27. The number of rotatable bonds is 5. The van der Waals surface area contributed by atoms with Crippen molar-refractivity contribution in [1.82, 2.24) is 5.32 Å². The van der Waals surface area contributed by atoms with Gasteiger partial charge in [0.05, 0.1) is 18.3 Å². The summed E-state index contributed by atoms with van der Waals surface area (Å²) < 4.78 is 5.21. The predicted molar refractivity (Wildman–Crippen MR) is 53.5 cm³/mol. The van der Waals surface area contributed by atoms with Gasteiger partial charge in [-0.3, -0.25) is 10.1 Å². The van der Waals surface area contributed by atoms with Crippen LogP contribution in [0.15, 0.2) is 22.8 Å². The molecule has 78 valence electrons. The van der Waals surface area contributed by atoms with E-state index < -0.39 is 0 Å². The van der Waals surface area contributed by atoms with E-state index in [0.717, 1.165) is 5.76 Å². The highest BCUT2D eigenvalue weighted by Gasteiger charge is 2.17. The van der Waals surface area contributed by atoms with Crippen LogP contribution in [0.1, 0.15) is 32.1 Å². The van der Waals surface area contributed by atoms with Crippen LogP contribution in [-0.4, -0.2) is 11.9 Å². The molecule has 4 heteroatoms. The molecule has 0 saturated heterocycles. The molecule has 1 heterocycles. The van der Waals surface area contributed by atoms with Crippen molar-refractivity contribution in [2.45, 2.75) is 32.4 Å². The quantitative estimate of drug-likeness (QED) is 0.743. The molecule has 1 amide bonds. The Morgan fingerprint density at radius 1 is 1.71 bits per heavy atom. The maximum absolute atomic E-state index is 11.0. The molecular weight excluding hydrogens is 180 g/mol. The molecule has 0 aliphatic rings. The van der Waals surface area contributed by atoms with E-state index in [1.54, 1.807) is 6.26 Å². The topological polar surface area (TPSA) is 68.3 Å². The van der Waals surface area contributed by atoms with Crippen LogP contribution in [0.25, 0.3) is 0 Å². The van der Waals surface area contributed by atoms with Gasteiger partial charge < -0.3 is 10.2 Å². The van der Waals surface area contributed by atoms with Crippen molar-refractivity contribution in [3.8, 4) is 0 Å². The fraction of sp³-hybridized carbons (Fsp3) is 0.500. The highest BCUT2D eigenvalue weighted by molar-refractivity contribution is 5.79. The van der Waals surface area contributed by atoms with Crippen LogP contribution in [0.2, 0.25) is 0 Å². The number of hydrogen-bond donors (Lipinski definition) is 2. The standard InChI is InChI=1S/C10H16N2O2/c1-3-8(10(11)13)12-7(2)9-5-4-6-14-9/h4-8,12H,3H2,1-2H3,(H2,11,13). The molecule has 0 aliphatic heterocycles. The molecule has 0 aliphatic carbocycles. The number of nitrogens with one attached hydrogen (secondary N) is 1. The lowest BCUT2D eigenvalue weighted by Crippen LogP contribution is -2.41. The van der Waals surface area contributed by atoms with Crippen molar-refractivity contribution >= 4 is 5.91 Å². The smallest absolute Gasteiger partial charge is 0.234 e. The summed E-state index contributed by atoms with van der Waals surface area (Å²) in [5.41, 5.74) is 5.22. The number of hydrogen-bond acceptors (Lipinski definition) is 3. The summed E-state index contributed by atoms with van der Waals surface area (Å²) in [6.45, 7) is 3.85. The van der Waals surface area contributed by atoms with Crippen LogP contribution in [0.3, 0.4) is 0 Å². The van der Waals surface area contributed by atoms with E-state index in [9.17, 15) is 4.79 Å². The van der Waals surface area contributed by atoms with Gasteiger partial charge in [0, 0.05) is 0 Å². The van der Waals surface area contributed by atoms with Crippen LogP contribution in [0, 0.1) is 0 Å². The van der Waals surface area contributed by atoms with Crippen molar-refractivity contribution in [1.29, 1.82) is 0 Å². The first-order valence-corrected chi connectivity index (χ1v) is 4.74. The molecule has 0 fully saturated rings. The highest BCUT2D eigenvalue weighted by atomic mass is 16.3. The monoisotopic (exact) mass is 196 g/mol. The Kier molecular flexibility index (Phi) is 3.71. The van der Waals surface area contributed by atoms with Gasteiger partial charge in [-0.05, 0) is 25.5 Å². The van der Waals surface area contributed by atoms with Gasteiger partial charge >= 0.3 is 0 Å². The van der Waals surface area contributed by atoms with Crippen molar-refractivity contribution in [3.05, 3.63) is 24.2 Å². The Bertz CT molecular complexity index is 282. The number of furan rings is 1. The first kappa shape index (κ1) is 10.8. The molecule has 0 saturated carbocycles. The number of primary amides is 1. The third kappa shape index (κ3) is 2.60. The summed E-state index contributed by atoms with van der Waals surface area (Å²) in [5.74, 6) is 0.482. The Morgan fingerprint density at radius 2 is 2.43 bits per heavy atom. The zero-order valence-corrected chi connectivity index (χ0v) is 8.49. The van der Waals surface area contributed by atoms with Gasteiger partial charge in [0.15, 0.2) is 0 Å². The number of carbonyl (C=O) groups is 1. The van der Waals surface area contributed by atoms with Crippen LogP contribution < -0.4 is 11.1 Å². The molecule has 2 atom stereocenters. The SMILES string of the molecule is CCC(NC(C)c1ccco1)C(N)=O. The summed E-state index contributed by atoms with van der Waals surface area (Å²) >= 11 is 0. The van der Waals surface area contributed by atoms with Crippen LogP contribution >= 0.6 is 0 Å². The lowest BCUT2D eigenvalue weighted by Gasteiger charge is -2.17. The maximum atomic E-state index is 11.0. The normalized spacial score (nSPS) is 15.0.